The van der Waals surface area contributed by atoms with Crippen LogP contribution in [0.3, 0.4) is 0 Å². The Labute approximate surface area is 107 Å². The molecular formula is C13H12F3NS. The minimum atomic E-state index is -0.955. The number of rotatable bonds is 2. The third kappa shape index (κ3) is 2.28. The number of halogens is 3. The average molecular weight is 271 g/mol. The van der Waals surface area contributed by atoms with Gasteiger partial charge in [0.25, 0.3) is 0 Å². The van der Waals surface area contributed by atoms with Gasteiger partial charge in [-0.25, -0.2) is 13.2 Å². The van der Waals surface area contributed by atoms with E-state index in [-0.39, 0.29) is 5.56 Å². The van der Waals surface area contributed by atoms with Gasteiger partial charge >= 0.3 is 0 Å². The van der Waals surface area contributed by atoms with E-state index in [1.807, 2.05) is 13.8 Å². The molecule has 2 rings (SSSR count). The Morgan fingerprint density at radius 2 is 1.61 bits per heavy atom. The lowest BCUT2D eigenvalue weighted by Gasteiger charge is -2.12. The molecule has 96 valence electrons. The fraction of sp³-hybridized carbons (Fsp3) is 0.231. The van der Waals surface area contributed by atoms with E-state index >= 15 is 0 Å². The summed E-state index contributed by atoms with van der Waals surface area (Å²) in [6.07, 6.45) is 0. The van der Waals surface area contributed by atoms with Gasteiger partial charge in [-0.15, -0.1) is 11.3 Å². The van der Waals surface area contributed by atoms with Gasteiger partial charge in [0.1, 0.15) is 17.5 Å². The molecule has 2 aromatic rings. The number of hydrogen-bond donors (Lipinski definition) is 1. The molecule has 0 saturated heterocycles. The van der Waals surface area contributed by atoms with Crippen molar-refractivity contribution in [3.63, 3.8) is 0 Å². The summed E-state index contributed by atoms with van der Waals surface area (Å²) in [5.41, 5.74) is 6.59. The summed E-state index contributed by atoms with van der Waals surface area (Å²) < 4.78 is 40.0. The first-order chi connectivity index (χ1) is 8.40. The van der Waals surface area contributed by atoms with Gasteiger partial charge < -0.3 is 5.73 Å². The molecule has 1 atom stereocenters. The van der Waals surface area contributed by atoms with Crippen LogP contribution in [-0.2, 0) is 0 Å². The van der Waals surface area contributed by atoms with Crippen LogP contribution < -0.4 is 5.73 Å². The predicted octanol–water partition coefficient (Wildman–Crippen LogP) is 3.83. The summed E-state index contributed by atoms with van der Waals surface area (Å²) in [5, 5.41) is 0. The Balaban J connectivity index is 2.49. The van der Waals surface area contributed by atoms with Crippen molar-refractivity contribution in [2.75, 3.05) is 0 Å². The number of nitrogens with two attached hydrogens (primary N) is 1. The van der Waals surface area contributed by atoms with Crippen molar-refractivity contribution >= 4 is 11.3 Å². The van der Waals surface area contributed by atoms with E-state index in [1.165, 1.54) is 11.3 Å². The molecule has 0 aliphatic rings. The first kappa shape index (κ1) is 13.1. The SMILES string of the molecule is Cc1cc(C(N)c2c(F)cc(F)cc2F)sc1C. The molecule has 0 fully saturated rings. The summed E-state index contributed by atoms with van der Waals surface area (Å²) in [7, 11) is 0. The van der Waals surface area contributed by atoms with Gasteiger partial charge in [-0.3, -0.25) is 0 Å². The number of benzene rings is 1. The fourth-order valence-electron chi connectivity index (χ4n) is 1.75. The van der Waals surface area contributed by atoms with Gasteiger partial charge in [0.05, 0.1) is 6.04 Å². The second-order valence-corrected chi connectivity index (χ2v) is 5.44. The van der Waals surface area contributed by atoms with Crippen molar-refractivity contribution in [2.24, 2.45) is 5.73 Å². The summed E-state index contributed by atoms with van der Waals surface area (Å²) in [5.74, 6) is -2.85. The van der Waals surface area contributed by atoms with Crippen LogP contribution in [0.1, 0.15) is 26.9 Å². The molecule has 1 aromatic heterocycles. The highest BCUT2D eigenvalue weighted by Gasteiger charge is 2.21. The molecule has 1 nitrogen and oxygen atoms in total. The normalized spacial score (nSPS) is 12.8. The Bertz CT molecular complexity index is 549. The molecule has 0 aliphatic carbocycles. The number of aryl methyl sites for hydroxylation is 2. The summed E-state index contributed by atoms with van der Waals surface area (Å²) in [4.78, 5) is 1.71. The van der Waals surface area contributed by atoms with Crippen LogP contribution in [0.4, 0.5) is 13.2 Å². The zero-order chi connectivity index (χ0) is 13.4. The molecule has 0 bridgehead atoms. The maximum Gasteiger partial charge on any atom is 0.134 e. The lowest BCUT2D eigenvalue weighted by molar-refractivity contribution is 0.516. The fourth-order valence-corrected chi connectivity index (χ4v) is 2.80. The highest BCUT2D eigenvalue weighted by Crippen LogP contribution is 2.31. The van der Waals surface area contributed by atoms with Gasteiger partial charge in [-0.2, -0.15) is 0 Å². The van der Waals surface area contributed by atoms with E-state index in [4.69, 9.17) is 5.73 Å². The lowest BCUT2D eigenvalue weighted by Crippen LogP contribution is -2.14. The molecule has 1 heterocycles. The molecule has 5 heteroatoms. The van der Waals surface area contributed by atoms with Crippen LogP contribution in [0.5, 0.6) is 0 Å². The van der Waals surface area contributed by atoms with E-state index in [1.54, 1.807) is 6.07 Å². The standard InChI is InChI=1S/C13H12F3NS/c1-6-3-11(18-7(6)2)13(17)12-9(15)4-8(14)5-10(12)16/h3-5,13H,17H2,1-2H3. The molecule has 1 unspecified atom stereocenters. The van der Waals surface area contributed by atoms with Crippen molar-refractivity contribution in [3.8, 4) is 0 Å². The summed E-state index contributed by atoms with van der Waals surface area (Å²) >= 11 is 1.39. The van der Waals surface area contributed by atoms with Gasteiger partial charge in [-0.05, 0) is 25.5 Å². The first-order valence-electron chi connectivity index (χ1n) is 5.37. The molecular weight excluding hydrogens is 259 g/mol. The third-order valence-corrected chi connectivity index (χ3v) is 4.08. The maximum absolute atomic E-state index is 13.6. The van der Waals surface area contributed by atoms with Crippen molar-refractivity contribution in [3.05, 3.63) is 56.5 Å². The lowest BCUT2D eigenvalue weighted by atomic mass is 10.0. The van der Waals surface area contributed by atoms with Gasteiger partial charge in [0, 0.05) is 27.5 Å². The second-order valence-electron chi connectivity index (χ2n) is 4.15. The quantitative estimate of drug-likeness (QED) is 0.882. The molecule has 0 radical (unpaired) electrons. The molecule has 0 spiro atoms. The minimum Gasteiger partial charge on any atom is -0.319 e. The Kier molecular flexibility index (Phi) is 3.45. The Morgan fingerprint density at radius 1 is 1.06 bits per heavy atom. The van der Waals surface area contributed by atoms with E-state index < -0.39 is 23.5 Å². The van der Waals surface area contributed by atoms with Crippen LogP contribution in [0, 0.1) is 31.3 Å². The summed E-state index contributed by atoms with van der Waals surface area (Å²) in [6.45, 7) is 3.81. The van der Waals surface area contributed by atoms with E-state index in [0.29, 0.717) is 17.0 Å². The van der Waals surface area contributed by atoms with Crippen LogP contribution in [0.15, 0.2) is 18.2 Å². The van der Waals surface area contributed by atoms with E-state index in [0.717, 1.165) is 10.4 Å². The van der Waals surface area contributed by atoms with Gasteiger partial charge in [-0.1, -0.05) is 0 Å². The van der Waals surface area contributed by atoms with Crippen LogP contribution in [0.25, 0.3) is 0 Å². The smallest absolute Gasteiger partial charge is 0.134 e. The molecule has 1 aromatic carbocycles. The van der Waals surface area contributed by atoms with Crippen molar-refractivity contribution in [1.29, 1.82) is 0 Å². The molecule has 0 amide bonds. The van der Waals surface area contributed by atoms with Gasteiger partial charge in [0.2, 0.25) is 0 Å². The molecule has 0 saturated carbocycles. The Hall–Kier alpha value is -1.33. The maximum atomic E-state index is 13.6. The Morgan fingerprint density at radius 3 is 2.06 bits per heavy atom. The zero-order valence-corrected chi connectivity index (χ0v) is 10.7. The number of thiophene rings is 1. The molecule has 0 aliphatic heterocycles. The highest BCUT2D eigenvalue weighted by molar-refractivity contribution is 7.12. The predicted molar refractivity (Wildman–Crippen MR) is 66.1 cm³/mol. The third-order valence-electron chi connectivity index (χ3n) is 2.85. The highest BCUT2D eigenvalue weighted by atomic mass is 32.1. The second kappa shape index (κ2) is 4.74. The van der Waals surface area contributed by atoms with Crippen LogP contribution >= 0.6 is 11.3 Å². The van der Waals surface area contributed by atoms with Crippen molar-refractivity contribution in [2.45, 2.75) is 19.9 Å². The van der Waals surface area contributed by atoms with E-state index in [9.17, 15) is 13.2 Å². The van der Waals surface area contributed by atoms with Gasteiger partial charge in [0.15, 0.2) is 0 Å². The minimum absolute atomic E-state index is 0.294. The topological polar surface area (TPSA) is 26.0 Å². The van der Waals surface area contributed by atoms with Crippen molar-refractivity contribution in [1.82, 2.24) is 0 Å². The molecule has 2 N–H and O–H groups in total. The van der Waals surface area contributed by atoms with E-state index in [2.05, 4.69) is 0 Å². The molecule has 18 heavy (non-hydrogen) atoms. The summed E-state index contributed by atoms with van der Waals surface area (Å²) in [6, 6.07) is 2.17. The monoisotopic (exact) mass is 271 g/mol. The van der Waals surface area contributed by atoms with Crippen LogP contribution in [0.2, 0.25) is 0 Å². The largest absolute Gasteiger partial charge is 0.319 e. The van der Waals surface area contributed by atoms with Crippen molar-refractivity contribution < 1.29 is 13.2 Å². The van der Waals surface area contributed by atoms with Crippen LogP contribution in [-0.4, -0.2) is 0 Å². The zero-order valence-electron chi connectivity index (χ0n) is 9.93. The first-order valence-corrected chi connectivity index (χ1v) is 6.18. The number of hydrogen-bond acceptors (Lipinski definition) is 2. The average Bonchev–Trinajstić information content (AvgIpc) is 2.57.